The van der Waals surface area contributed by atoms with Crippen molar-refractivity contribution in [1.82, 2.24) is 15.3 Å². The predicted octanol–water partition coefficient (Wildman–Crippen LogP) is 2.76. The zero-order chi connectivity index (χ0) is 16.1. The normalized spacial score (nSPS) is 14.2. The summed E-state index contributed by atoms with van der Waals surface area (Å²) in [5, 5.41) is 14.9. The van der Waals surface area contributed by atoms with E-state index in [9.17, 15) is 4.79 Å². The average Bonchev–Trinajstić information content (AvgIpc) is 3.09. The van der Waals surface area contributed by atoms with Crippen LogP contribution in [0, 0.1) is 11.3 Å². The van der Waals surface area contributed by atoms with E-state index in [2.05, 4.69) is 26.7 Å². The first-order chi connectivity index (χ1) is 11.2. The van der Waals surface area contributed by atoms with E-state index in [1.807, 2.05) is 0 Å². The molecule has 0 unspecified atom stereocenters. The van der Waals surface area contributed by atoms with Crippen LogP contribution in [-0.2, 0) is 0 Å². The summed E-state index contributed by atoms with van der Waals surface area (Å²) >= 11 is 0. The smallest absolute Gasteiger partial charge is 0.270 e. The third kappa shape index (κ3) is 3.83. The molecule has 6 nitrogen and oxygen atoms in total. The lowest BCUT2D eigenvalue weighted by Crippen LogP contribution is -2.33. The van der Waals surface area contributed by atoms with E-state index in [0.29, 0.717) is 17.1 Å². The molecule has 0 bridgehead atoms. The minimum Gasteiger partial charge on any atom is -0.348 e. The monoisotopic (exact) mass is 307 g/mol. The lowest BCUT2D eigenvalue weighted by atomic mass is 10.2. The summed E-state index contributed by atoms with van der Waals surface area (Å²) in [6, 6.07) is 11.0. The Kier molecular flexibility index (Phi) is 4.48. The van der Waals surface area contributed by atoms with Gasteiger partial charge < -0.3 is 10.6 Å². The van der Waals surface area contributed by atoms with E-state index in [1.54, 1.807) is 30.3 Å². The standard InChI is InChI=1S/C17H17N5O/c18-10-12-5-7-14(8-6-12)21-16-9-15(19-11-20-16)17(23)22-13-3-1-2-4-13/h5-9,11,13H,1-4H2,(H,22,23)(H,19,20,21). The molecular formula is C17H17N5O. The van der Waals surface area contributed by atoms with Gasteiger partial charge in [0.25, 0.3) is 5.91 Å². The van der Waals surface area contributed by atoms with Crippen LogP contribution in [0.3, 0.4) is 0 Å². The average molecular weight is 307 g/mol. The molecule has 3 rings (SSSR count). The van der Waals surface area contributed by atoms with Crippen LogP contribution in [0.15, 0.2) is 36.7 Å². The number of nitriles is 1. The van der Waals surface area contributed by atoms with E-state index in [-0.39, 0.29) is 11.9 Å². The van der Waals surface area contributed by atoms with Crippen LogP contribution in [0.2, 0.25) is 0 Å². The molecule has 0 aliphatic heterocycles. The van der Waals surface area contributed by atoms with Crippen molar-refractivity contribution in [3.63, 3.8) is 0 Å². The molecule has 1 amide bonds. The Balaban J connectivity index is 1.68. The zero-order valence-electron chi connectivity index (χ0n) is 12.6. The fourth-order valence-corrected chi connectivity index (χ4v) is 2.66. The van der Waals surface area contributed by atoms with Gasteiger partial charge in [-0.3, -0.25) is 4.79 Å². The topological polar surface area (TPSA) is 90.7 Å². The van der Waals surface area contributed by atoms with Crippen molar-refractivity contribution >= 4 is 17.4 Å². The molecule has 0 saturated heterocycles. The van der Waals surface area contributed by atoms with E-state index in [0.717, 1.165) is 18.5 Å². The number of aromatic nitrogens is 2. The molecule has 2 N–H and O–H groups in total. The van der Waals surface area contributed by atoms with Crippen LogP contribution in [0.1, 0.15) is 41.7 Å². The molecule has 6 heteroatoms. The molecular weight excluding hydrogens is 290 g/mol. The second-order valence-electron chi connectivity index (χ2n) is 5.56. The summed E-state index contributed by atoms with van der Waals surface area (Å²) < 4.78 is 0. The fourth-order valence-electron chi connectivity index (χ4n) is 2.66. The van der Waals surface area contributed by atoms with Crippen LogP contribution < -0.4 is 10.6 Å². The summed E-state index contributed by atoms with van der Waals surface area (Å²) in [5.74, 6) is 0.378. The van der Waals surface area contributed by atoms with Crippen LogP contribution in [0.25, 0.3) is 0 Å². The maximum Gasteiger partial charge on any atom is 0.270 e. The van der Waals surface area contributed by atoms with Crippen LogP contribution >= 0.6 is 0 Å². The van der Waals surface area contributed by atoms with Gasteiger partial charge in [-0.1, -0.05) is 12.8 Å². The third-order valence-corrected chi connectivity index (χ3v) is 3.88. The summed E-state index contributed by atoms with van der Waals surface area (Å²) in [6.07, 6.45) is 5.77. The highest BCUT2D eigenvalue weighted by atomic mass is 16.1. The first kappa shape index (κ1) is 15.0. The Morgan fingerprint density at radius 2 is 1.91 bits per heavy atom. The Hall–Kier alpha value is -2.94. The molecule has 0 radical (unpaired) electrons. The van der Waals surface area contributed by atoms with E-state index in [1.165, 1.54) is 19.2 Å². The maximum absolute atomic E-state index is 12.2. The molecule has 0 atom stereocenters. The van der Waals surface area contributed by atoms with Gasteiger partial charge in [-0.25, -0.2) is 9.97 Å². The molecule has 116 valence electrons. The maximum atomic E-state index is 12.2. The van der Waals surface area contributed by atoms with Crippen LogP contribution in [0.5, 0.6) is 0 Å². The SMILES string of the molecule is N#Cc1ccc(Nc2cc(C(=O)NC3CCCC3)ncn2)cc1. The highest BCUT2D eigenvalue weighted by molar-refractivity contribution is 5.93. The number of nitrogens with zero attached hydrogens (tertiary/aromatic N) is 3. The van der Waals surface area contributed by atoms with Crippen molar-refractivity contribution in [2.75, 3.05) is 5.32 Å². The molecule has 2 aromatic rings. The summed E-state index contributed by atoms with van der Waals surface area (Å²) in [7, 11) is 0. The van der Waals surface area contributed by atoms with Gasteiger partial charge in [0.05, 0.1) is 11.6 Å². The van der Waals surface area contributed by atoms with E-state index >= 15 is 0 Å². The molecule has 1 heterocycles. The van der Waals surface area contributed by atoms with Gasteiger partial charge >= 0.3 is 0 Å². The first-order valence-electron chi connectivity index (χ1n) is 7.65. The number of hydrogen-bond acceptors (Lipinski definition) is 5. The number of rotatable bonds is 4. The van der Waals surface area contributed by atoms with Gasteiger partial charge in [0, 0.05) is 17.8 Å². The van der Waals surface area contributed by atoms with Gasteiger partial charge in [-0.05, 0) is 37.1 Å². The lowest BCUT2D eigenvalue weighted by Gasteiger charge is -2.12. The Morgan fingerprint density at radius 3 is 2.61 bits per heavy atom. The van der Waals surface area contributed by atoms with Crippen molar-refractivity contribution < 1.29 is 4.79 Å². The number of carbonyl (C=O) groups is 1. The van der Waals surface area contributed by atoms with Crippen LogP contribution in [-0.4, -0.2) is 21.9 Å². The number of anilines is 2. The largest absolute Gasteiger partial charge is 0.348 e. The number of hydrogen-bond donors (Lipinski definition) is 2. The number of carbonyl (C=O) groups excluding carboxylic acids is 1. The van der Waals surface area contributed by atoms with E-state index in [4.69, 9.17) is 5.26 Å². The van der Waals surface area contributed by atoms with Crippen molar-refractivity contribution in [3.8, 4) is 6.07 Å². The Labute approximate surface area is 134 Å². The van der Waals surface area contributed by atoms with Crippen molar-refractivity contribution in [2.24, 2.45) is 0 Å². The molecule has 1 fully saturated rings. The number of nitrogens with one attached hydrogen (secondary N) is 2. The first-order valence-corrected chi connectivity index (χ1v) is 7.65. The van der Waals surface area contributed by atoms with Crippen molar-refractivity contribution in [3.05, 3.63) is 47.9 Å². The molecule has 23 heavy (non-hydrogen) atoms. The molecule has 1 aromatic heterocycles. The van der Waals surface area contributed by atoms with Gasteiger partial charge in [-0.15, -0.1) is 0 Å². The van der Waals surface area contributed by atoms with Gasteiger partial charge in [-0.2, -0.15) is 5.26 Å². The molecule has 0 spiro atoms. The summed E-state index contributed by atoms with van der Waals surface area (Å²) in [6.45, 7) is 0. The predicted molar refractivity (Wildman–Crippen MR) is 86.2 cm³/mol. The third-order valence-electron chi connectivity index (χ3n) is 3.88. The molecule has 1 saturated carbocycles. The highest BCUT2D eigenvalue weighted by Gasteiger charge is 2.18. The summed E-state index contributed by atoms with van der Waals surface area (Å²) in [4.78, 5) is 20.4. The fraction of sp³-hybridized carbons (Fsp3) is 0.294. The van der Waals surface area contributed by atoms with Crippen molar-refractivity contribution in [2.45, 2.75) is 31.7 Å². The van der Waals surface area contributed by atoms with Gasteiger partial charge in [0.15, 0.2) is 0 Å². The summed E-state index contributed by atoms with van der Waals surface area (Å²) in [5.41, 5.74) is 1.74. The second-order valence-corrected chi connectivity index (χ2v) is 5.56. The minimum atomic E-state index is -0.165. The Morgan fingerprint density at radius 1 is 1.17 bits per heavy atom. The highest BCUT2D eigenvalue weighted by Crippen LogP contribution is 2.19. The van der Waals surface area contributed by atoms with Gasteiger partial charge in [0.2, 0.25) is 0 Å². The molecule has 1 aromatic carbocycles. The number of benzene rings is 1. The van der Waals surface area contributed by atoms with E-state index < -0.39 is 0 Å². The lowest BCUT2D eigenvalue weighted by molar-refractivity contribution is 0.0932. The Bertz CT molecular complexity index is 729. The van der Waals surface area contributed by atoms with Crippen LogP contribution in [0.4, 0.5) is 11.5 Å². The van der Waals surface area contributed by atoms with Gasteiger partial charge in [0.1, 0.15) is 17.8 Å². The zero-order valence-corrected chi connectivity index (χ0v) is 12.6. The minimum absolute atomic E-state index is 0.165. The molecule has 1 aliphatic carbocycles. The van der Waals surface area contributed by atoms with Crippen molar-refractivity contribution in [1.29, 1.82) is 5.26 Å². The molecule has 1 aliphatic rings. The second kappa shape index (κ2) is 6.88. The number of amides is 1. The quantitative estimate of drug-likeness (QED) is 0.906.